The summed E-state index contributed by atoms with van der Waals surface area (Å²) in [6.07, 6.45) is 4.98. The van der Waals surface area contributed by atoms with Gasteiger partial charge in [0.15, 0.2) is 17.5 Å². The zero-order chi connectivity index (χ0) is 15.1. The van der Waals surface area contributed by atoms with E-state index in [4.69, 9.17) is 15.2 Å². The van der Waals surface area contributed by atoms with Crippen molar-refractivity contribution in [3.05, 3.63) is 23.8 Å². The minimum Gasteiger partial charge on any atom is -0.493 e. The van der Waals surface area contributed by atoms with E-state index in [1.807, 2.05) is 25.1 Å². The number of hydrogen-bond acceptors (Lipinski definition) is 3. The van der Waals surface area contributed by atoms with Crippen LogP contribution in [0.4, 0.5) is 0 Å². The van der Waals surface area contributed by atoms with E-state index in [0.29, 0.717) is 12.5 Å². The third-order valence-corrected chi connectivity index (χ3v) is 3.64. The molecule has 124 valence electrons. The summed E-state index contributed by atoms with van der Waals surface area (Å²) in [4.78, 5) is 4.34. The molecule has 0 radical (unpaired) electrons. The summed E-state index contributed by atoms with van der Waals surface area (Å²) in [5.74, 6) is 2.02. The summed E-state index contributed by atoms with van der Waals surface area (Å²) in [5, 5.41) is 2.99. The van der Waals surface area contributed by atoms with E-state index >= 15 is 0 Å². The fraction of sp³-hybridized carbons (Fsp3) is 0.562. The van der Waals surface area contributed by atoms with E-state index in [0.717, 1.165) is 36.4 Å². The van der Waals surface area contributed by atoms with Crippen molar-refractivity contribution in [2.75, 3.05) is 13.7 Å². The lowest BCUT2D eigenvalue weighted by molar-refractivity contribution is 0.198. The molecular weight excluding hydrogens is 393 g/mol. The Morgan fingerprint density at radius 1 is 1.36 bits per heavy atom. The van der Waals surface area contributed by atoms with Crippen molar-refractivity contribution >= 4 is 29.9 Å². The van der Waals surface area contributed by atoms with Crippen molar-refractivity contribution in [1.82, 2.24) is 5.32 Å². The summed E-state index contributed by atoms with van der Waals surface area (Å²) in [5.41, 5.74) is 6.79. The lowest BCUT2D eigenvalue weighted by Gasteiger charge is -2.18. The van der Waals surface area contributed by atoms with Crippen LogP contribution in [0.15, 0.2) is 23.2 Å². The number of nitrogens with two attached hydrogens (primary N) is 1. The lowest BCUT2D eigenvalue weighted by atomic mass is 10.1. The van der Waals surface area contributed by atoms with Crippen molar-refractivity contribution in [3.63, 3.8) is 0 Å². The Kier molecular flexibility index (Phi) is 8.37. The van der Waals surface area contributed by atoms with Crippen LogP contribution in [0.1, 0.15) is 38.2 Å². The second kappa shape index (κ2) is 9.76. The number of nitrogens with zero attached hydrogens (tertiary/aromatic N) is 1. The molecule has 1 aromatic carbocycles. The highest BCUT2D eigenvalue weighted by molar-refractivity contribution is 14.0. The molecule has 1 aromatic rings. The van der Waals surface area contributed by atoms with Crippen molar-refractivity contribution in [2.24, 2.45) is 10.7 Å². The third kappa shape index (κ3) is 5.23. The number of para-hydroxylation sites is 1. The van der Waals surface area contributed by atoms with Gasteiger partial charge < -0.3 is 20.5 Å². The molecule has 0 atom stereocenters. The normalized spacial score (nSPS) is 15.3. The van der Waals surface area contributed by atoms with Gasteiger partial charge in [0.1, 0.15) is 0 Å². The predicted octanol–water partition coefficient (Wildman–Crippen LogP) is 3.06. The molecule has 3 N–H and O–H groups in total. The van der Waals surface area contributed by atoms with E-state index in [2.05, 4.69) is 10.3 Å². The molecule has 0 saturated heterocycles. The van der Waals surface area contributed by atoms with E-state index in [1.165, 1.54) is 12.8 Å². The van der Waals surface area contributed by atoms with Gasteiger partial charge in [-0.15, -0.1) is 24.0 Å². The first-order valence-corrected chi connectivity index (χ1v) is 7.61. The first-order valence-electron chi connectivity index (χ1n) is 7.61. The number of guanidine groups is 1. The lowest BCUT2D eigenvalue weighted by Crippen LogP contribution is -2.31. The standard InChI is InChI=1S/C16H25N3O2.HI/c1-3-18-16(17)19-11-12-7-6-10-14(20-2)15(12)21-13-8-4-5-9-13;/h6-7,10,13H,3-5,8-9,11H2,1-2H3,(H3,17,18,19);1H. The Balaban J connectivity index is 0.00000242. The smallest absolute Gasteiger partial charge is 0.188 e. The first kappa shape index (κ1) is 18.9. The van der Waals surface area contributed by atoms with Gasteiger partial charge in [-0.3, -0.25) is 0 Å². The Morgan fingerprint density at radius 2 is 2.09 bits per heavy atom. The zero-order valence-electron chi connectivity index (χ0n) is 13.3. The second-order valence-electron chi connectivity index (χ2n) is 5.20. The number of nitrogens with one attached hydrogen (secondary N) is 1. The number of halogens is 1. The molecule has 1 aliphatic carbocycles. The van der Waals surface area contributed by atoms with Gasteiger partial charge in [0.2, 0.25) is 0 Å². The van der Waals surface area contributed by atoms with Crippen LogP contribution in [0.2, 0.25) is 0 Å². The third-order valence-electron chi connectivity index (χ3n) is 3.64. The maximum Gasteiger partial charge on any atom is 0.188 e. The molecular formula is C16H26IN3O2. The molecule has 0 aliphatic heterocycles. The minimum absolute atomic E-state index is 0. The van der Waals surface area contributed by atoms with Crippen molar-refractivity contribution in [2.45, 2.75) is 45.3 Å². The van der Waals surface area contributed by atoms with Gasteiger partial charge in [-0.25, -0.2) is 4.99 Å². The number of ether oxygens (including phenoxy) is 2. The maximum atomic E-state index is 6.17. The Hall–Kier alpha value is -1.18. The molecule has 22 heavy (non-hydrogen) atoms. The molecule has 0 spiro atoms. The predicted molar refractivity (Wildman–Crippen MR) is 100 cm³/mol. The molecule has 0 bridgehead atoms. The average Bonchev–Trinajstić information content (AvgIpc) is 2.99. The van der Waals surface area contributed by atoms with Crippen LogP contribution in [0.3, 0.4) is 0 Å². The van der Waals surface area contributed by atoms with Crippen LogP contribution in [0.25, 0.3) is 0 Å². The van der Waals surface area contributed by atoms with E-state index < -0.39 is 0 Å². The van der Waals surface area contributed by atoms with Crippen LogP contribution < -0.4 is 20.5 Å². The summed E-state index contributed by atoms with van der Waals surface area (Å²) in [7, 11) is 1.66. The number of methoxy groups -OCH3 is 1. The van der Waals surface area contributed by atoms with Crippen molar-refractivity contribution in [1.29, 1.82) is 0 Å². The fourth-order valence-corrected chi connectivity index (χ4v) is 2.56. The minimum atomic E-state index is 0. The van der Waals surface area contributed by atoms with E-state index in [1.54, 1.807) is 7.11 Å². The molecule has 2 rings (SSSR count). The van der Waals surface area contributed by atoms with Gasteiger partial charge in [-0.1, -0.05) is 12.1 Å². The highest BCUT2D eigenvalue weighted by Gasteiger charge is 2.20. The molecule has 6 heteroatoms. The number of benzene rings is 1. The zero-order valence-corrected chi connectivity index (χ0v) is 15.6. The summed E-state index contributed by atoms with van der Waals surface area (Å²) >= 11 is 0. The number of hydrogen-bond donors (Lipinski definition) is 2. The van der Waals surface area contributed by atoms with Crippen molar-refractivity contribution < 1.29 is 9.47 Å². The van der Waals surface area contributed by atoms with Crippen LogP contribution in [-0.2, 0) is 6.54 Å². The van der Waals surface area contributed by atoms with Crippen LogP contribution in [-0.4, -0.2) is 25.7 Å². The first-order chi connectivity index (χ1) is 10.2. The molecule has 5 nitrogen and oxygen atoms in total. The Labute approximate surface area is 149 Å². The molecule has 1 aliphatic rings. The van der Waals surface area contributed by atoms with E-state index in [9.17, 15) is 0 Å². The Morgan fingerprint density at radius 3 is 2.73 bits per heavy atom. The van der Waals surface area contributed by atoms with Gasteiger partial charge in [0, 0.05) is 12.1 Å². The highest BCUT2D eigenvalue weighted by Crippen LogP contribution is 2.35. The molecule has 0 amide bonds. The quantitative estimate of drug-likeness (QED) is 0.423. The van der Waals surface area contributed by atoms with Gasteiger partial charge in [0.05, 0.1) is 19.8 Å². The SMILES string of the molecule is CCNC(N)=NCc1cccc(OC)c1OC1CCCC1.I. The van der Waals surface area contributed by atoms with E-state index in [-0.39, 0.29) is 30.1 Å². The average molecular weight is 419 g/mol. The Bertz CT molecular complexity index is 488. The van der Waals surface area contributed by atoms with Gasteiger partial charge in [-0.2, -0.15) is 0 Å². The molecule has 0 unspecified atom stereocenters. The summed E-state index contributed by atoms with van der Waals surface area (Å²) in [6.45, 7) is 3.24. The highest BCUT2D eigenvalue weighted by atomic mass is 127. The molecule has 1 fully saturated rings. The number of aliphatic imine (C=N–C) groups is 1. The van der Waals surface area contributed by atoms with Gasteiger partial charge in [-0.05, 0) is 38.7 Å². The summed E-state index contributed by atoms with van der Waals surface area (Å²) < 4.78 is 11.6. The molecule has 1 saturated carbocycles. The van der Waals surface area contributed by atoms with Crippen LogP contribution in [0, 0.1) is 0 Å². The van der Waals surface area contributed by atoms with Crippen LogP contribution in [0.5, 0.6) is 11.5 Å². The maximum absolute atomic E-state index is 6.17. The second-order valence-corrected chi connectivity index (χ2v) is 5.20. The van der Waals surface area contributed by atoms with Crippen molar-refractivity contribution in [3.8, 4) is 11.5 Å². The monoisotopic (exact) mass is 419 g/mol. The summed E-state index contributed by atoms with van der Waals surface area (Å²) in [6, 6.07) is 5.88. The largest absolute Gasteiger partial charge is 0.493 e. The van der Waals surface area contributed by atoms with Gasteiger partial charge >= 0.3 is 0 Å². The fourth-order valence-electron chi connectivity index (χ4n) is 2.56. The topological polar surface area (TPSA) is 68.9 Å². The van der Waals surface area contributed by atoms with Gasteiger partial charge in [0.25, 0.3) is 0 Å². The molecule has 0 aromatic heterocycles. The number of rotatable bonds is 6. The molecule has 0 heterocycles. The van der Waals surface area contributed by atoms with Crippen LogP contribution >= 0.6 is 24.0 Å².